The van der Waals surface area contributed by atoms with Crippen LogP contribution in [0.3, 0.4) is 0 Å². The number of fused-ring (bicyclic) bond motifs is 1. The Hall–Kier alpha value is -2.47. The molecule has 6 heteroatoms. The summed E-state index contributed by atoms with van der Waals surface area (Å²) in [5.74, 6) is 0.268. The highest BCUT2D eigenvalue weighted by molar-refractivity contribution is 7.15. The van der Waals surface area contributed by atoms with Crippen LogP contribution in [0, 0.1) is 0 Å². The van der Waals surface area contributed by atoms with E-state index in [2.05, 4.69) is 15.3 Å². The van der Waals surface area contributed by atoms with Crippen LogP contribution in [0.25, 0.3) is 11.3 Å². The molecule has 1 aromatic carbocycles. The van der Waals surface area contributed by atoms with Gasteiger partial charge in [0.25, 0.3) is 5.89 Å². The second-order valence-electron chi connectivity index (χ2n) is 5.45. The van der Waals surface area contributed by atoms with Gasteiger partial charge in [0.15, 0.2) is 10.9 Å². The van der Waals surface area contributed by atoms with Crippen molar-refractivity contribution in [2.45, 2.75) is 25.7 Å². The number of carbonyl (C=O) groups is 1. The number of thiazole rings is 1. The number of nitrogens with one attached hydrogen (secondary N) is 1. The molecule has 0 spiro atoms. The maximum atomic E-state index is 12.3. The lowest BCUT2D eigenvalue weighted by molar-refractivity contribution is 0.0991. The van der Waals surface area contributed by atoms with Crippen LogP contribution < -0.4 is 5.32 Å². The molecule has 0 saturated heterocycles. The Morgan fingerprint density at radius 2 is 2.00 bits per heavy atom. The maximum Gasteiger partial charge on any atom is 0.313 e. The number of hydrogen-bond acceptors (Lipinski definition) is 5. The standard InChI is InChI=1S/C17H15N3O2S/c21-15(20-17-19-12-8-4-5-9-14(12)23-17)16-18-10-13(22-16)11-6-2-1-3-7-11/h1-3,6-7,10H,4-5,8-9H2,(H,19,20,21). The molecule has 5 nitrogen and oxygen atoms in total. The highest BCUT2D eigenvalue weighted by Gasteiger charge is 2.19. The molecule has 0 radical (unpaired) electrons. The molecule has 0 unspecified atom stereocenters. The summed E-state index contributed by atoms with van der Waals surface area (Å²) < 4.78 is 5.56. The molecule has 2 heterocycles. The van der Waals surface area contributed by atoms with Crippen molar-refractivity contribution in [1.82, 2.24) is 9.97 Å². The van der Waals surface area contributed by atoms with E-state index in [0.29, 0.717) is 10.9 Å². The molecule has 3 aromatic rings. The largest absolute Gasteiger partial charge is 0.432 e. The van der Waals surface area contributed by atoms with Gasteiger partial charge >= 0.3 is 5.91 Å². The van der Waals surface area contributed by atoms with E-state index in [0.717, 1.165) is 24.1 Å². The molecule has 0 atom stereocenters. The van der Waals surface area contributed by atoms with E-state index < -0.39 is 0 Å². The summed E-state index contributed by atoms with van der Waals surface area (Å²) in [6.07, 6.45) is 5.99. The van der Waals surface area contributed by atoms with Gasteiger partial charge in [0, 0.05) is 10.4 Å². The summed E-state index contributed by atoms with van der Waals surface area (Å²) in [4.78, 5) is 22.1. The van der Waals surface area contributed by atoms with Crippen LogP contribution in [-0.4, -0.2) is 15.9 Å². The van der Waals surface area contributed by atoms with Gasteiger partial charge in [0.2, 0.25) is 0 Å². The Kier molecular flexibility index (Phi) is 3.67. The second-order valence-corrected chi connectivity index (χ2v) is 6.53. The summed E-state index contributed by atoms with van der Waals surface area (Å²) >= 11 is 1.55. The van der Waals surface area contributed by atoms with Crippen LogP contribution in [0.1, 0.15) is 34.1 Å². The molecule has 116 valence electrons. The minimum absolute atomic E-state index is 0.0528. The van der Waals surface area contributed by atoms with E-state index in [4.69, 9.17) is 4.42 Å². The first-order valence-electron chi connectivity index (χ1n) is 7.61. The minimum atomic E-state index is -0.363. The fraction of sp³-hybridized carbons (Fsp3) is 0.235. The first-order valence-corrected chi connectivity index (χ1v) is 8.42. The van der Waals surface area contributed by atoms with Crippen molar-refractivity contribution in [3.8, 4) is 11.3 Å². The Balaban J connectivity index is 1.51. The van der Waals surface area contributed by atoms with Crippen molar-refractivity contribution in [2.75, 3.05) is 5.32 Å². The predicted molar refractivity (Wildman–Crippen MR) is 88.6 cm³/mol. The van der Waals surface area contributed by atoms with E-state index in [1.165, 1.54) is 17.7 Å². The van der Waals surface area contributed by atoms with Crippen molar-refractivity contribution in [2.24, 2.45) is 0 Å². The van der Waals surface area contributed by atoms with Crippen LogP contribution in [0.4, 0.5) is 5.13 Å². The van der Waals surface area contributed by atoms with Gasteiger partial charge < -0.3 is 4.42 Å². The van der Waals surface area contributed by atoms with Gasteiger partial charge in [-0.2, -0.15) is 0 Å². The van der Waals surface area contributed by atoms with Crippen molar-refractivity contribution >= 4 is 22.4 Å². The van der Waals surface area contributed by atoms with Gasteiger partial charge in [-0.1, -0.05) is 30.3 Å². The van der Waals surface area contributed by atoms with E-state index in [1.807, 2.05) is 30.3 Å². The maximum absolute atomic E-state index is 12.3. The van der Waals surface area contributed by atoms with Crippen molar-refractivity contribution in [3.63, 3.8) is 0 Å². The topological polar surface area (TPSA) is 68.0 Å². The lowest BCUT2D eigenvalue weighted by Gasteiger charge is -2.06. The summed E-state index contributed by atoms with van der Waals surface area (Å²) in [6.45, 7) is 0. The number of aryl methyl sites for hydroxylation is 2. The van der Waals surface area contributed by atoms with Crippen LogP contribution in [0.5, 0.6) is 0 Å². The average molecular weight is 325 g/mol. The highest BCUT2D eigenvalue weighted by Crippen LogP contribution is 2.30. The summed E-state index contributed by atoms with van der Waals surface area (Å²) in [5.41, 5.74) is 2.01. The summed E-state index contributed by atoms with van der Waals surface area (Å²) in [6, 6.07) is 9.58. The Morgan fingerprint density at radius 3 is 2.83 bits per heavy atom. The van der Waals surface area contributed by atoms with Crippen LogP contribution in [-0.2, 0) is 12.8 Å². The van der Waals surface area contributed by atoms with E-state index >= 15 is 0 Å². The number of nitrogens with zero attached hydrogens (tertiary/aromatic N) is 2. The molecular formula is C17H15N3O2S. The molecule has 0 bridgehead atoms. The molecule has 1 aliphatic carbocycles. The quantitative estimate of drug-likeness (QED) is 0.792. The fourth-order valence-electron chi connectivity index (χ4n) is 2.67. The van der Waals surface area contributed by atoms with Gasteiger partial charge in [-0.15, -0.1) is 11.3 Å². The number of carbonyl (C=O) groups excluding carboxylic acids is 1. The Labute approximate surface area is 137 Å². The van der Waals surface area contributed by atoms with E-state index in [1.54, 1.807) is 17.5 Å². The smallest absolute Gasteiger partial charge is 0.313 e. The SMILES string of the molecule is O=C(Nc1nc2c(s1)CCCC2)c1ncc(-c2ccccc2)o1. The van der Waals surface area contributed by atoms with Crippen molar-refractivity contribution in [3.05, 3.63) is 53.0 Å². The monoisotopic (exact) mass is 325 g/mol. The third-order valence-corrected chi connectivity index (χ3v) is 4.90. The third kappa shape index (κ3) is 2.90. The van der Waals surface area contributed by atoms with Crippen molar-refractivity contribution < 1.29 is 9.21 Å². The minimum Gasteiger partial charge on any atom is -0.432 e. The molecular weight excluding hydrogens is 310 g/mol. The molecule has 23 heavy (non-hydrogen) atoms. The van der Waals surface area contributed by atoms with Gasteiger partial charge in [0.05, 0.1) is 11.9 Å². The van der Waals surface area contributed by atoms with Crippen molar-refractivity contribution in [1.29, 1.82) is 0 Å². The number of hydrogen-bond donors (Lipinski definition) is 1. The van der Waals surface area contributed by atoms with E-state index in [9.17, 15) is 4.79 Å². The molecule has 0 saturated carbocycles. The van der Waals surface area contributed by atoms with Gasteiger partial charge in [0.1, 0.15) is 0 Å². The molecule has 2 aromatic heterocycles. The predicted octanol–water partition coefficient (Wildman–Crippen LogP) is 3.93. The summed E-state index contributed by atoms with van der Waals surface area (Å²) in [7, 11) is 0. The number of rotatable bonds is 3. The Bertz CT molecular complexity index is 815. The van der Waals surface area contributed by atoms with Gasteiger partial charge in [-0.05, 0) is 25.7 Å². The lowest BCUT2D eigenvalue weighted by Crippen LogP contribution is -2.12. The summed E-state index contributed by atoms with van der Waals surface area (Å²) in [5, 5.41) is 3.42. The lowest BCUT2D eigenvalue weighted by atomic mass is 10.0. The number of amides is 1. The number of benzene rings is 1. The van der Waals surface area contributed by atoms with E-state index in [-0.39, 0.29) is 11.8 Å². The van der Waals surface area contributed by atoms with Gasteiger partial charge in [-0.3, -0.25) is 10.1 Å². The molecule has 4 rings (SSSR count). The van der Waals surface area contributed by atoms with Crippen LogP contribution >= 0.6 is 11.3 Å². The number of oxazole rings is 1. The first-order chi connectivity index (χ1) is 11.3. The Morgan fingerprint density at radius 1 is 1.17 bits per heavy atom. The average Bonchev–Trinajstić information content (AvgIpc) is 3.22. The van der Waals surface area contributed by atoms with Crippen LogP contribution in [0.2, 0.25) is 0 Å². The zero-order chi connectivity index (χ0) is 15.6. The normalized spacial score (nSPS) is 13.6. The molecule has 0 aliphatic heterocycles. The van der Waals surface area contributed by atoms with Gasteiger partial charge in [-0.25, -0.2) is 9.97 Å². The molecule has 1 amide bonds. The zero-order valence-electron chi connectivity index (χ0n) is 12.4. The first kappa shape index (κ1) is 14.1. The number of aromatic nitrogens is 2. The fourth-order valence-corrected chi connectivity index (χ4v) is 3.72. The zero-order valence-corrected chi connectivity index (χ0v) is 13.2. The molecule has 0 fully saturated rings. The molecule has 1 N–H and O–H groups in total. The highest BCUT2D eigenvalue weighted by atomic mass is 32.1. The second kappa shape index (κ2) is 5.96. The third-order valence-electron chi connectivity index (χ3n) is 3.82. The number of anilines is 1. The molecule has 1 aliphatic rings. The van der Waals surface area contributed by atoms with Crippen LogP contribution in [0.15, 0.2) is 40.9 Å².